The van der Waals surface area contributed by atoms with Crippen LogP contribution in [0.4, 0.5) is 5.00 Å². The Balaban J connectivity index is 1.75. The average Bonchev–Trinajstić information content (AvgIpc) is 3.03. The van der Waals surface area contributed by atoms with Gasteiger partial charge in [-0.3, -0.25) is 9.59 Å². The van der Waals surface area contributed by atoms with E-state index in [2.05, 4.69) is 10.3 Å². The third kappa shape index (κ3) is 3.83. The van der Waals surface area contributed by atoms with Crippen molar-refractivity contribution in [1.29, 1.82) is 0 Å². The lowest BCUT2D eigenvalue weighted by molar-refractivity contribution is -0.115. The number of nitrogens with zero attached hydrogens (tertiary/aromatic N) is 1. The predicted octanol–water partition coefficient (Wildman–Crippen LogP) is 3.82. The number of aromatic nitrogens is 1. The molecule has 5 nitrogen and oxygen atoms in total. The number of thiophene rings is 1. The SMILES string of the molecule is Cc1cc(S[C@@H](C)C(=O)Nc2sccc2C(N)=O)nc2ccccc12. The van der Waals surface area contributed by atoms with Gasteiger partial charge in [0.05, 0.1) is 21.4 Å². The fourth-order valence-corrected chi connectivity index (χ4v) is 4.15. The molecule has 0 aliphatic rings. The molecule has 2 amide bonds. The quantitative estimate of drug-likeness (QED) is 0.668. The minimum absolute atomic E-state index is 0.192. The Bertz CT molecular complexity index is 952. The number of carbonyl (C=O) groups excluding carboxylic acids is 2. The van der Waals surface area contributed by atoms with Gasteiger partial charge in [-0.05, 0) is 43.0 Å². The normalized spacial score (nSPS) is 12.1. The number of nitrogens with one attached hydrogen (secondary N) is 1. The van der Waals surface area contributed by atoms with E-state index in [9.17, 15) is 9.59 Å². The summed E-state index contributed by atoms with van der Waals surface area (Å²) in [6.45, 7) is 3.84. The van der Waals surface area contributed by atoms with Gasteiger partial charge in [-0.2, -0.15) is 0 Å². The number of aryl methyl sites for hydroxylation is 1. The van der Waals surface area contributed by atoms with Crippen molar-refractivity contribution in [1.82, 2.24) is 4.98 Å². The van der Waals surface area contributed by atoms with Crippen LogP contribution in [0.1, 0.15) is 22.8 Å². The van der Waals surface area contributed by atoms with Gasteiger partial charge in [-0.1, -0.05) is 30.0 Å². The first-order valence-corrected chi connectivity index (χ1v) is 9.43. The fraction of sp³-hybridized carbons (Fsp3) is 0.167. The Morgan fingerprint density at radius 2 is 2.04 bits per heavy atom. The summed E-state index contributed by atoms with van der Waals surface area (Å²) in [7, 11) is 0. The van der Waals surface area contributed by atoms with E-state index in [1.54, 1.807) is 11.4 Å². The van der Waals surface area contributed by atoms with Crippen LogP contribution in [-0.4, -0.2) is 22.0 Å². The summed E-state index contributed by atoms with van der Waals surface area (Å²) in [6, 6.07) is 11.5. The number of hydrogen-bond donors (Lipinski definition) is 2. The molecule has 0 radical (unpaired) electrons. The molecule has 2 heterocycles. The second-order valence-electron chi connectivity index (χ2n) is 5.57. The van der Waals surface area contributed by atoms with E-state index in [0.717, 1.165) is 21.5 Å². The van der Waals surface area contributed by atoms with Crippen molar-refractivity contribution in [2.24, 2.45) is 5.73 Å². The second kappa shape index (κ2) is 7.25. The first-order valence-electron chi connectivity index (χ1n) is 7.67. The van der Waals surface area contributed by atoms with Gasteiger partial charge in [0.1, 0.15) is 5.00 Å². The van der Waals surface area contributed by atoms with Crippen LogP contribution in [-0.2, 0) is 4.79 Å². The average molecular weight is 371 g/mol. The molecular weight excluding hydrogens is 354 g/mol. The maximum absolute atomic E-state index is 12.4. The number of amides is 2. The van der Waals surface area contributed by atoms with Crippen molar-refractivity contribution in [2.75, 3.05) is 5.32 Å². The molecule has 0 unspecified atom stereocenters. The summed E-state index contributed by atoms with van der Waals surface area (Å²) in [4.78, 5) is 28.4. The highest BCUT2D eigenvalue weighted by atomic mass is 32.2. The van der Waals surface area contributed by atoms with Gasteiger partial charge in [0.15, 0.2) is 0 Å². The summed E-state index contributed by atoms with van der Waals surface area (Å²) in [5.41, 5.74) is 7.66. The smallest absolute Gasteiger partial charge is 0.251 e. The van der Waals surface area contributed by atoms with E-state index in [1.165, 1.54) is 23.1 Å². The van der Waals surface area contributed by atoms with Gasteiger partial charge >= 0.3 is 0 Å². The molecule has 3 aromatic rings. The van der Waals surface area contributed by atoms with Crippen LogP contribution in [0.25, 0.3) is 10.9 Å². The molecule has 0 bridgehead atoms. The minimum atomic E-state index is -0.552. The molecule has 3 rings (SSSR count). The van der Waals surface area contributed by atoms with Crippen LogP contribution >= 0.6 is 23.1 Å². The molecule has 0 saturated heterocycles. The first-order chi connectivity index (χ1) is 12.0. The van der Waals surface area contributed by atoms with Gasteiger partial charge in [0.2, 0.25) is 5.91 Å². The van der Waals surface area contributed by atoms with Crippen molar-refractivity contribution in [3.05, 3.63) is 52.9 Å². The fourth-order valence-electron chi connectivity index (χ4n) is 2.43. The molecular formula is C18H17N3O2S2. The van der Waals surface area contributed by atoms with Crippen LogP contribution in [0.2, 0.25) is 0 Å². The zero-order valence-electron chi connectivity index (χ0n) is 13.8. The maximum Gasteiger partial charge on any atom is 0.251 e. The number of hydrogen-bond acceptors (Lipinski definition) is 5. The van der Waals surface area contributed by atoms with Crippen LogP contribution in [0.5, 0.6) is 0 Å². The molecule has 1 aromatic carbocycles. The largest absolute Gasteiger partial charge is 0.366 e. The molecule has 2 aromatic heterocycles. The minimum Gasteiger partial charge on any atom is -0.366 e. The monoisotopic (exact) mass is 371 g/mol. The number of anilines is 1. The van der Waals surface area contributed by atoms with Crippen LogP contribution in [0, 0.1) is 6.92 Å². The standard InChI is InChI=1S/C18H17N3O2S2/c1-10-9-15(20-14-6-4-3-5-12(10)14)25-11(2)17(23)21-18-13(16(19)22)7-8-24-18/h3-9,11H,1-2H3,(H2,19,22)(H,21,23)/t11-/m0/s1. The Kier molecular flexibility index (Phi) is 5.06. The summed E-state index contributed by atoms with van der Waals surface area (Å²) in [6.07, 6.45) is 0. The number of fused-ring (bicyclic) bond motifs is 1. The van der Waals surface area contributed by atoms with Gasteiger partial charge in [0.25, 0.3) is 5.91 Å². The highest BCUT2D eigenvalue weighted by Crippen LogP contribution is 2.28. The van der Waals surface area contributed by atoms with Crippen molar-refractivity contribution >= 4 is 50.8 Å². The van der Waals surface area contributed by atoms with E-state index in [0.29, 0.717) is 10.6 Å². The number of nitrogens with two attached hydrogens (primary N) is 1. The third-order valence-corrected chi connectivity index (χ3v) is 5.58. The molecule has 128 valence electrons. The van der Waals surface area contributed by atoms with Gasteiger partial charge in [-0.25, -0.2) is 4.98 Å². The van der Waals surface area contributed by atoms with Gasteiger partial charge in [-0.15, -0.1) is 11.3 Å². The van der Waals surface area contributed by atoms with Crippen LogP contribution < -0.4 is 11.1 Å². The van der Waals surface area contributed by atoms with Crippen LogP contribution in [0.15, 0.2) is 46.8 Å². The number of para-hydroxylation sites is 1. The predicted molar refractivity (Wildman–Crippen MR) is 103 cm³/mol. The van der Waals surface area contributed by atoms with E-state index in [-0.39, 0.29) is 11.2 Å². The van der Waals surface area contributed by atoms with Crippen molar-refractivity contribution < 1.29 is 9.59 Å². The Morgan fingerprint density at radius 1 is 1.28 bits per heavy atom. The van der Waals surface area contributed by atoms with Gasteiger partial charge < -0.3 is 11.1 Å². The molecule has 0 fully saturated rings. The number of carbonyl (C=O) groups is 2. The zero-order valence-corrected chi connectivity index (χ0v) is 15.4. The van der Waals surface area contributed by atoms with E-state index in [4.69, 9.17) is 5.73 Å². The number of rotatable bonds is 5. The number of thioether (sulfide) groups is 1. The van der Waals surface area contributed by atoms with E-state index >= 15 is 0 Å². The molecule has 0 spiro atoms. The third-order valence-electron chi connectivity index (χ3n) is 3.73. The topological polar surface area (TPSA) is 85.1 Å². The zero-order chi connectivity index (χ0) is 18.0. The van der Waals surface area contributed by atoms with Crippen LogP contribution in [0.3, 0.4) is 0 Å². The first kappa shape index (κ1) is 17.4. The van der Waals surface area contributed by atoms with E-state index < -0.39 is 5.91 Å². The molecule has 1 atom stereocenters. The second-order valence-corrected chi connectivity index (χ2v) is 7.85. The Morgan fingerprint density at radius 3 is 2.80 bits per heavy atom. The lowest BCUT2D eigenvalue weighted by Crippen LogP contribution is -2.23. The number of primary amides is 1. The lowest BCUT2D eigenvalue weighted by Gasteiger charge is -2.12. The highest BCUT2D eigenvalue weighted by molar-refractivity contribution is 8.00. The lowest BCUT2D eigenvalue weighted by atomic mass is 10.1. The molecule has 0 aliphatic heterocycles. The summed E-state index contributed by atoms with van der Waals surface area (Å²) < 4.78 is 0. The highest BCUT2D eigenvalue weighted by Gasteiger charge is 2.19. The molecule has 7 heteroatoms. The van der Waals surface area contributed by atoms with Crippen molar-refractivity contribution in [3.63, 3.8) is 0 Å². The molecule has 0 aliphatic carbocycles. The summed E-state index contributed by atoms with van der Waals surface area (Å²) in [5, 5.41) is 6.51. The summed E-state index contributed by atoms with van der Waals surface area (Å²) >= 11 is 2.66. The summed E-state index contributed by atoms with van der Waals surface area (Å²) in [5.74, 6) is -0.744. The molecule has 0 saturated carbocycles. The van der Waals surface area contributed by atoms with Crippen molar-refractivity contribution in [3.8, 4) is 0 Å². The molecule has 3 N–H and O–H groups in total. The maximum atomic E-state index is 12.4. The number of pyridine rings is 1. The Labute approximate surface area is 153 Å². The number of benzene rings is 1. The Hall–Kier alpha value is -2.38. The van der Waals surface area contributed by atoms with Crippen molar-refractivity contribution in [2.45, 2.75) is 24.1 Å². The van der Waals surface area contributed by atoms with E-state index in [1.807, 2.05) is 44.2 Å². The van der Waals surface area contributed by atoms with Gasteiger partial charge in [0, 0.05) is 5.39 Å². The molecule has 25 heavy (non-hydrogen) atoms.